The van der Waals surface area contributed by atoms with E-state index in [1.807, 2.05) is 0 Å². The zero-order valence-corrected chi connectivity index (χ0v) is 14.8. The molecule has 0 bridgehead atoms. The third-order valence-electron chi connectivity index (χ3n) is 3.08. The molecule has 0 fully saturated rings. The van der Waals surface area contributed by atoms with Crippen LogP contribution in [0.5, 0.6) is 0 Å². The Morgan fingerprint density at radius 2 is 1.79 bits per heavy atom. The molecule has 0 saturated carbocycles. The number of nitrogens with zero attached hydrogens (tertiary/aromatic N) is 1. The van der Waals surface area contributed by atoms with Gasteiger partial charge in [0.1, 0.15) is 18.2 Å². The number of anilines is 1. The topological polar surface area (TPSA) is 63.7 Å². The molecule has 2 aromatic rings. The summed E-state index contributed by atoms with van der Waals surface area (Å²) in [7, 11) is -3.21. The lowest BCUT2D eigenvalue weighted by Crippen LogP contribution is -2.37. The molecule has 2 rings (SSSR count). The SMILES string of the molecule is COC(=O)CN(c1ccc(Br)cc1F)S(=O)(=O)c1ccc(F)cc1. The number of hydrogen-bond donors (Lipinski definition) is 0. The van der Waals surface area contributed by atoms with Crippen LogP contribution in [-0.4, -0.2) is 28.0 Å². The van der Waals surface area contributed by atoms with Crippen molar-refractivity contribution in [1.82, 2.24) is 0 Å². The molecule has 0 N–H and O–H groups in total. The Kier molecular flexibility index (Phi) is 5.55. The lowest BCUT2D eigenvalue weighted by molar-refractivity contribution is -0.138. The van der Waals surface area contributed by atoms with Gasteiger partial charge in [-0.2, -0.15) is 0 Å². The van der Waals surface area contributed by atoms with Crippen LogP contribution in [0.2, 0.25) is 0 Å². The van der Waals surface area contributed by atoms with Gasteiger partial charge in [-0.15, -0.1) is 0 Å². The fraction of sp³-hybridized carbons (Fsp3) is 0.133. The summed E-state index contributed by atoms with van der Waals surface area (Å²) in [6, 6.07) is 7.70. The molecule has 2 aromatic carbocycles. The summed E-state index contributed by atoms with van der Waals surface area (Å²) in [4.78, 5) is 11.3. The molecule has 0 heterocycles. The molecule has 128 valence electrons. The summed E-state index contributed by atoms with van der Waals surface area (Å²) in [5.74, 6) is -2.34. The van der Waals surface area contributed by atoms with Gasteiger partial charge in [-0.3, -0.25) is 9.10 Å². The first-order valence-electron chi connectivity index (χ1n) is 6.56. The van der Waals surface area contributed by atoms with E-state index in [2.05, 4.69) is 20.7 Å². The van der Waals surface area contributed by atoms with Crippen molar-refractivity contribution < 1.29 is 26.7 Å². The van der Waals surface area contributed by atoms with Crippen molar-refractivity contribution in [1.29, 1.82) is 0 Å². The molecule has 0 saturated heterocycles. The van der Waals surface area contributed by atoms with Gasteiger partial charge in [0.25, 0.3) is 10.0 Å². The average molecular weight is 420 g/mol. The zero-order chi connectivity index (χ0) is 17.9. The number of esters is 1. The van der Waals surface area contributed by atoms with Crippen LogP contribution in [0.4, 0.5) is 14.5 Å². The van der Waals surface area contributed by atoms with Crippen LogP contribution < -0.4 is 4.31 Å². The number of methoxy groups -OCH3 is 1. The summed E-state index contributed by atoms with van der Waals surface area (Å²) in [5.41, 5.74) is -0.326. The minimum absolute atomic E-state index is 0.282. The number of rotatable bonds is 5. The Balaban J connectivity index is 2.57. The zero-order valence-electron chi connectivity index (χ0n) is 12.4. The lowest BCUT2D eigenvalue weighted by Gasteiger charge is -2.23. The largest absolute Gasteiger partial charge is 0.468 e. The van der Waals surface area contributed by atoms with Crippen molar-refractivity contribution in [2.24, 2.45) is 0 Å². The monoisotopic (exact) mass is 419 g/mol. The molecule has 0 aromatic heterocycles. The molecule has 0 aliphatic rings. The first kappa shape index (κ1) is 18.3. The summed E-state index contributed by atoms with van der Waals surface area (Å²) >= 11 is 3.07. The van der Waals surface area contributed by atoms with Gasteiger partial charge >= 0.3 is 5.97 Å². The number of ether oxygens (including phenoxy) is 1. The Morgan fingerprint density at radius 1 is 1.17 bits per heavy atom. The maximum atomic E-state index is 14.2. The Bertz CT molecular complexity index is 856. The molecule has 0 amide bonds. The van der Waals surface area contributed by atoms with Crippen LogP contribution in [0.15, 0.2) is 51.8 Å². The number of halogens is 3. The highest BCUT2D eigenvalue weighted by atomic mass is 79.9. The Labute approximate surface area is 146 Å². The van der Waals surface area contributed by atoms with E-state index >= 15 is 0 Å². The number of hydrogen-bond acceptors (Lipinski definition) is 4. The molecule has 0 aliphatic carbocycles. The van der Waals surface area contributed by atoms with Crippen LogP contribution in [0.3, 0.4) is 0 Å². The molecule has 0 spiro atoms. The summed E-state index contributed by atoms with van der Waals surface area (Å²) in [6.45, 7) is -0.727. The smallest absolute Gasteiger partial charge is 0.326 e. The molecule has 0 radical (unpaired) electrons. The van der Waals surface area contributed by atoms with Crippen molar-refractivity contribution in [3.63, 3.8) is 0 Å². The van der Waals surface area contributed by atoms with Crippen molar-refractivity contribution >= 4 is 37.6 Å². The fourth-order valence-corrected chi connectivity index (χ4v) is 3.65. The molecule has 9 heteroatoms. The molecule has 0 unspecified atom stereocenters. The minimum atomic E-state index is -4.30. The van der Waals surface area contributed by atoms with E-state index in [4.69, 9.17) is 0 Å². The van der Waals surface area contributed by atoms with Gasteiger partial charge < -0.3 is 4.74 Å². The first-order chi connectivity index (χ1) is 11.3. The third kappa shape index (κ3) is 3.90. The van der Waals surface area contributed by atoms with E-state index in [0.29, 0.717) is 8.78 Å². The van der Waals surface area contributed by atoms with E-state index in [9.17, 15) is 22.0 Å². The van der Waals surface area contributed by atoms with Gasteiger partial charge in [-0.1, -0.05) is 15.9 Å². The number of benzene rings is 2. The highest BCUT2D eigenvalue weighted by Gasteiger charge is 2.29. The second-order valence-corrected chi connectivity index (χ2v) is 7.42. The summed E-state index contributed by atoms with van der Waals surface area (Å²) < 4.78 is 58.2. The quantitative estimate of drug-likeness (QED) is 0.698. The van der Waals surface area contributed by atoms with Gasteiger partial charge in [0.15, 0.2) is 0 Å². The first-order valence-corrected chi connectivity index (χ1v) is 8.79. The van der Waals surface area contributed by atoms with Crippen LogP contribution in [0.25, 0.3) is 0 Å². The van der Waals surface area contributed by atoms with Crippen LogP contribution in [0.1, 0.15) is 0 Å². The van der Waals surface area contributed by atoms with Gasteiger partial charge in [0.05, 0.1) is 17.7 Å². The predicted molar refractivity (Wildman–Crippen MR) is 87.0 cm³/mol. The summed E-state index contributed by atoms with van der Waals surface area (Å²) in [6.07, 6.45) is 0. The van der Waals surface area contributed by atoms with E-state index in [0.717, 1.165) is 37.4 Å². The van der Waals surface area contributed by atoms with Crippen LogP contribution in [-0.2, 0) is 19.6 Å². The number of carbonyl (C=O) groups is 1. The normalized spacial score (nSPS) is 11.2. The van der Waals surface area contributed by atoms with Crippen LogP contribution >= 0.6 is 15.9 Å². The van der Waals surface area contributed by atoms with Gasteiger partial charge in [0.2, 0.25) is 0 Å². The highest BCUT2D eigenvalue weighted by Crippen LogP contribution is 2.28. The predicted octanol–water partition coefficient (Wildman–Crippen LogP) is 3.10. The van der Waals surface area contributed by atoms with Gasteiger partial charge in [-0.25, -0.2) is 17.2 Å². The molecule has 0 atom stereocenters. The molecular formula is C15H12BrF2NO4S. The number of carbonyl (C=O) groups excluding carboxylic acids is 1. The lowest BCUT2D eigenvalue weighted by atomic mass is 10.3. The molecular weight excluding hydrogens is 408 g/mol. The second-order valence-electron chi connectivity index (χ2n) is 4.64. The standard InChI is InChI=1S/C15H12BrF2NO4S/c1-23-15(20)9-19(14-7-2-10(16)8-13(14)18)24(21,22)12-5-3-11(17)4-6-12/h2-8H,9H2,1H3. The van der Waals surface area contributed by atoms with Crippen LogP contribution in [0, 0.1) is 11.6 Å². The third-order valence-corrected chi connectivity index (χ3v) is 5.35. The maximum absolute atomic E-state index is 14.2. The fourth-order valence-electron chi connectivity index (χ4n) is 1.90. The van der Waals surface area contributed by atoms with E-state index < -0.39 is 34.2 Å². The number of sulfonamides is 1. The molecule has 0 aliphatic heterocycles. The Morgan fingerprint density at radius 3 is 2.33 bits per heavy atom. The van der Waals surface area contributed by atoms with E-state index in [1.54, 1.807) is 0 Å². The van der Waals surface area contributed by atoms with Crippen molar-refractivity contribution in [2.75, 3.05) is 18.0 Å². The van der Waals surface area contributed by atoms with E-state index in [1.165, 1.54) is 12.1 Å². The van der Waals surface area contributed by atoms with Crippen molar-refractivity contribution in [3.05, 3.63) is 58.6 Å². The maximum Gasteiger partial charge on any atom is 0.326 e. The van der Waals surface area contributed by atoms with E-state index in [-0.39, 0.29) is 10.6 Å². The van der Waals surface area contributed by atoms with Crippen molar-refractivity contribution in [2.45, 2.75) is 4.90 Å². The molecule has 24 heavy (non-hydrogen) atoms. The Hall–Kier alpha value is -2.00. The minimum Gasteiger partial charge on any atom is -0.468 e. The summed E-state index contributed by atoms with van der Waals surface area (Å²) in [5, 5.41) is 0. The van der Waals surface area contributed by atoms with Crippen molar-refractivity contribution in [3.8, 4) is 0 Å². The van der Waals surface area contributed by atoms with Gasteiger partial charge in [-0.05, 0) is 42.5 Å². The highest BCUT2D eigenvalue weighted by molar-refractivity contribution is 9.10. The second kappa shape index (κ2) is 7.27. The molecule has 5 nitrogen and oxygen atoms in total. The average Bonchev–Trinajstić information content (AvgIpc) is 2.53. The van der Waals surface area contributed by atoms with Gasteiger partial charge in [0, 0.05) is 4.47 Å².